The number of non-ortho nitro benzene ring substituents is 1. The first-order valence-corrected chi connectivity index (χ1v) is 7.26. The van der Waals surface area contributed by atoms with Gasteiger partial charge < -0.3 is 9.84 Å². The summed E-state index contributed by atoms with van der Waals surface area (Å²) in [5.41, 5.74) is 1.78. The molecule has 0 spiro atoms. The number of nitro groups is 1. The molecule has 3 atom stereocenters. The zero-order valence-electron chi connectivity index (χ0n) is 12.0. The van der Waals surface area contributed by atoms with Crippen LogP contribution in [0, 0.1) is 10.1 Å². The molecular weight excluding hydrogens is 282 g/mol. The van der Waals surface area contributed by atoms with Gasteiger partial charge in [-0.2, -0.15) is 0 Å². The Hall–Kier alpha value is -2.24. The maximum atomic E-state index is 10.9. The monoisotopic (exact) mass is 299 g/mol. The van der Waals surface area contributed by atoms with E-state index in [-0.39, 0.29) is 17.9 Å². The molecule has 1 aliphatic rings. The normalized spacial score (nSPS) is 24.9. The molecule has 1 fully saturated rings. The molecule has 0 radical (unpaired) electrons. The molecule has 2 aromatic carbocycles. The molecule has 0 unspecified atom stereocenters. The fourth-order valence-electron chi connectivity index (χ4n) is 2.84. The van der Waals surface area contributed by atoms with Crippen LogP contribution in [0.4, 0.5) is 5.69 Å². The first kappa shape index (κ1) is 14.7. The number of ether oxygens (including phenoxy) is 1. The molecule has 1 saturated heterocycles. The highest BCUT2D eigenvalue weighted by molar-refractivity contribution is 5.35. The van der Waals surface area contributed by atoms with E-state index in [0.717, 1.165) is 11.1 Å². The smallest absolute Gasteiger partial charge is 0.269 e. The Morgan fingerprint density at radius 2 is 1.64 bits per heavy atom. The van der Waals surface area contributed by atoms with Gasteiger partial charge in [0.15, 0.2) is 0 Å². The third-order valence-electron chi connectivity index (χ3n) is 3.93. The van der Waals surface area contributed by atoms with E-state index in [0.29, 0.717) is 12.8 Å². The third kappa shape index (κ3) is 3.16. The molecule has 0 saturated carbocycles. The molecular formula is C17H17NO4. The lowest BCUT2D eigenvalue weighted by Crippen LogP contribution is -2.26. The van der Waals surface area contributed by atoms with Crippen molar-refractivity contribution >= 4 is 5.69 Å². The number of aliphatic hydroxyl groups is 1. The largest absolute Gasteiger partial charge is 0.393 e. The van der Waals surface area contributed by atoms with Crippen molar-refractivity contribution in [2.45, 2.75) is 31.2 Å². The van der Waals surface area contributed by atoms with Crippen molar-refractivity contribution in [1.29, 1.82) is 0 Å². The predicted molar refractivity (Wildman–Crippen MR) is 81.3 cm³/mol. The first-order chi connectivity index (χ1) is 10.6. The van der Waals surface area contributed by atoms with Crippen LogP contribution in [0.3, 0.4) is 0 Å². The molecule has 22 heavy (non-hydrogen) atoms. The summed E-state index contributed by atoms with van der Waals surface area (Å²) in [6.45, 7) is 0. The number of nitro benzene ring substituents is 1. The Bertz CT molecular complexity index is 659. The van der Waals surface area contributed by atoms with Crippen molar-refractivity contribution in [2.24, 2.45) is 0 Å². The molecule has 114 valence electrons. The van der Waals surface area contributed by atoms with Gasteiger partial charge in [0.2, 0.25) is 0 Å². The summed E-state index contributed by atoms with van der Waals surface area (Å²) in [6.07, 6.45) is -0.0359. The van der Waals surface area contributed by atoms with Gasteiger partial charge in [-0.05, 0) is 11.1 Å². The van der Waals surface area contributed by atoms with Crippen LogP contribution in [0.1, 0.15) is 36.2 Å². The summed E-state index contributed by atoms with van der Waals surface area (Å²) in [5, 5.41) is 21.0. The topological polar surface area (TPSA) is 72.6 Å². The van der Waals surface area contributed by atoms with Crippen LogP contribution in [-0.4, -0.2) is 16.1 Å². The van der Waals surface area contributed by atoms with Crippen LogP contribution in [0.15, 0.2) is 54.6 Å². The lowest BCUT2D eigenvalue weighted by molar-refractivity contribution is -0.385. The maximum absolute atomic E-state index is 10.9. The third-order valence-corrected chi connectivity index (χ3v) is 3.93. The second-order valence-corrected chi connectivity index (χ2v) is 5.50. The molecule has 2 aromatic rings. The highest BCUT2D eigenvalue weighted by atomic mass is 16.6. The summed E-state index contributed by atoms with van der Waals surface area (Å²) in [4.78, 5) is 10.5. The van der Waals surface area contributed by atoms with Gasteiger partial charge in [0, 0.05) is 25.0 Å². The van der Waals surface area contributed by atoms with E-state index in [1.807, 2.05) is 30.3 Å². The molecule has 0 bridgehead atoms. The Morgan fingerprint density at radius 3 is 2.32 bits per heavy atom. The highest BCUT2D eigenvalue weighted by Gasteiger charge is 2.30. The molecule has 0 amide bonds. The number of rotatable bonds is 3. The number of aliphatic hydroxyl groups excluding tert-OH is 1. The van der Waals surface area contributed by atoms with Crippen molar-refractivity contribution in [2.75, 3.05) is 0 Å². The number of hydrogen-bond donors (Lipinski definition) is 1. The van der Waals surface area contributed by atoms with E-state index < -0.39 is 11.0 Å². The van der Waals surface area contributed by atoms with Gasteiger partial charge in [0.25, 0.3) is 5.69 Å². The highest BCUT2D eigenvalue weighted by Crippen LogP contribution is 2.39. The van der Waals surface area contributed by atoms with Gasteiger partial charge in [-0.1, -0.05) is 42.5 Å². The zero-order chi connectivity index (χ0) is 15.5. The second kappa shape index (κ2) is 6.25. The molecule has 1 aliphatic heterocycles. The van der Waals surface area contributed by atoms with Gasteiger partial charge in [-0.25, -0.2) is 0 Å². The lowest BCUT2D eigenvalue weighted by Gasteiger charge is -2.33. The summed E-state index contributed by atoms with van der Waals surface area (Å²) in [5.74, 6) is 0. The Kier molecular flexibility index (Phi) is 4.18. The molecule has 0 aliphatic carbocycles. The second-order valence-electron chi connectivity index (χ2n) is 5.50. The molecule has 5 heteroatoms. The molecule has 3 rings (SSSR count). The van der Waals surface area contributed by atoms with E-state index in [9.17, 15) is 15.2 Å². The van der Waals surface area contributed by atoms with E-state index in [2.05, 4.69) is 0 Å². The van der Waals surface area contributed by atoms with Crippen molar-refractivity contribution in [1.82, 2.24) is 0 Å². The van der Waals surface area contributed by atoms with Crippen LogP contribution in [0.25, 0.3) is 0 Å². The average Bonchev–Trinajstić information content (AvgIpc) is 2.55. The van der Waals surface area contributed by atoms with E-state index >= 15 is 0 Å². The van der Waals surface area contributed by atoms with Crippen LogP contribution >= 0.6 is 0 Å². The minimum absolute atomic E-state index is 0.0393. The summed E-state index contributed by atoms with van der Waals surface area (Å²) >= 11 is 0. The fourth-order valence-corrected chi connectivity index (χ4v) is 2.84. The summed E-state index contributed by atoms with van der Waals surface area (Å²) in [6, 6.07) is 16.2. The van der Waals surface area contributed by atoms with Crippen molar-refractivity contribution in [3.63, 3.8) is 0 Å². The standard InChI is InChI=1S/C17H17NO4/c19-15-10-16(12-5-2-1-3-6-12)22-17(11-15)13-7-4-8-14(9-13)18(20)21/h1-9,15-17,19H,10-11H2/t15-,16-,17+/m1/s1. The molecule has 5 nitrogen and oxygen atoms in total. The van der Waals surface area contributed by atoms with Crippen molar-refractivity contribution in [3.05, 3.63) is 75.8 Å². The predicted octanol–water partition coefficient (Wildman–Crippen LogP) is 3.55. The Morgan fingerprint density at radius 1 is 1.00 bits per heavy atom. The van der Waals surface area contributed by atoms with E-state index in [1.54, 1.807) is 12.1 Å². The summed E-state index contributed by atoms with van der Waals surface area (Å²) < 4.78 is 6.08. The van der Waals surface area contributed by atoms with E-state index in [4.69, 9.17) is 4.74 Å². The van der Waals surface area contributed by atoms with Gasteiger partial charge in [-0.3, -0.25) is 10.1 Å². The van der Waals surface area contributed by atoms with Gasteiger partial charge in [0.05, 0.1) is 23.2 Å². The van der Waals surface area contributed by atoms with Gasteiger partial charge >= 0.3 is 0 Å². The SMILES string of the molecule is O=[N+]([O-])c1cccc([C@@H]2C[C@H](O)C[C@H](c3ccccc3)O2)c1. The van der Waals surface area contributed by atoms with Crippen LogP contribution < -0.4 is 0 Å². The Labute approximate surface area is 128 Å². The quantitative estimate of drug-likeness (QED) is 0.695. The van der Waals surface area contributed by atoms with Crippen LogP contribution in [0.2, 0.25) is 0 Å². The van der Waals surface area contributed by atoms with Crippen LogP contribution in [0.5, 0.6) is 0 Å². The van der Waals surface area contributed by atoms with Crippen LogP contribution in [-0.2, 0) is 4.74 Å². The number of hydrogen-bond acceptors (Lipinski definition) is 4. The first-order valence-electron chi connectivity index (χ1n) is 7.26. The summed E-state index contributed by atoms with van der Waals surface area (Å²) in [7, 11) is 0. The van der Waals surface area contributed by atoms with E-state index in [1.165, 1.54) is 12.1 Å². The zero-order valence-corrected chi connectivity index (χ0v) is 12.0. The lowest BCUT2D eigenvalue weighted by atomic mass is 9.93. The minimum atomic E-state index is -0.483. The maximum Gasteiger partial charge on any atom is 0.269 e. The molecule has 1 N–H and O–H groups in total. The van der Waals surface area contributed by atoms with Crippen molar-refractivity contribution in [3.8, 4) is 0 Å². The molecule has 0 aromatic heterocycles. The number of benzene rings is 2. The van der Waals surface area contributed by atoms with Gasteiger partial charge in [0.1, 0.15) is 0 Å². The average molecular weight is 299 g/mol. The Balaban J connectivity index is 1.85. The van der Waals surface area contributed by atoms with Crippen molar-refractivity contribution < 1.29 is 14.8 Å². The molecule has 1 heterocycles. The fraction of sp³-hybridized carbons (Fsp3) is 0.294. The number of nitrogens with zero attached hydrogens (tertiary/aromatic N) is 1. The minimum Gasteiger partial charge on any atom is -0.393 e. The van der Waals surface area contributed by atoms with Gasteiger partial charge in [-0.15, -0.1) is 0 Å².